The number of hydrogen-bond acceptors (Lipinski definition) is 3. The van der Waals surface area contributed by atoms with Crippen molar-refractivity contribution in [2.75, 3.05) is 6.54 Å². The highest BCUT2D eigenvalue weighted by molar-refractivity contribution is 5.05. The SMILES string of the molecule is Cn1cc(CCN2C3CCCC2CC(N)C3)cn1. The maximum atomic E-state index is 6.16. The van der Waals surface area contributed by atoms with Crippen molar-refractivity contribution in [3.63, 3.8) is 0 Å². The molecule has 0 saturated carbocycles. The molecule has 2 unspecified atom stereocenters. The lowest BCUT2D eigenvalue weighted by atomic mass is 9.82. The predicted molar refractivity (Wildman–Crippen MR) is 72.3 cm³/mol. The summed E-state index contributed by atoms with van der Waals surface area (Å²) >= 11 is 0. The standard InChI is InChI=1S/C14H24N4/c1-17-10-11(9-16-17)5-6-18-13-3-2-4-14(18)8-12(15)7-13/h9-10,12-14H,2-8,15H2,1H3. The van der Waals surface area contributed by atoms with Gasteiger partial charge in [0.15, 0.2) is 0 Å². The van der Waals surface area contributed by atoms with Gasteiger partial charge in [-0.1, -0.05) is 6.42 Å². The molecule has 3 rings (SSSR count). The lowest BCUT2D eigenvalue weighted by Gasteiger charge is -2.48. The van der Waals surface area contributed by atoms with Crippen molar-refractivity contribution >= 4 is 0 Å². The summed E-state index contributed by atoms with van der Waals surface area (Å²) in [7, 11) is 1.98. The molecule has 2 N–H and O–H groups in total. The van der Waals surface area contributed by atoms with Crippen LogP contribution in [0, 0.1) is 0 Å². The first kappa shape index (κ1) is 12.2. The fourth-order valence-corrected chi connectivity index (χ4v) is 3.74. The zero-order valence-corrected chi connectivity index (χ0v) is 11.3. The molecule has 4 heteroatoms. The lowest BCUT2D eigenvalue weighted by molar-refractivity contribution is 0.0327. The van der Waals surface area contributed by atoms with Crippen LogP contribution in [0.4, 0.5) is 0 Å². The fourth-order valence-electron chi connectivity index (χ4n) is 3.74. The van der Waals surface area contributed by atoms with Crippen LogP contribution in [-0.2, 0) is 13.5 Å². The second-order valence-corrected chi connectivity index (χ2v) is 5.98. The minimum atomic E-state index is 0.440. The maximum Gasteiger partial charge on any atom is 0.0522 e. The van der Waals surface area contributed by atoms with Crippen molar-refractivity contribution in [1.82, 2.24) is 14.7 Å². The molecule has 2 fully saturated rings. The number of nitrogens with two attached hydrogens (primary N) is 1. The van der Waals surface area contributed by atoms with Gasteiger partial charge in [0.2, 0.25) is 0 Å². The largest absolute Gasteiger partial charge is 0.328 e. The van der Waals surface area contributed by atoms with E-state index in [0.29, 0.717) is 6.04 Å². The van der Waals surface area contributed by atoms with E-state index in [1.807, 2.05) is 17.9 Å². The third-order valence-electron chi connectivity index (χ3n) is 4.58. The quantitative estimate of drug-likeness (QED) is 0.877. The Labute approximate surface area is 109 Å². The number of piperidine rings is 2. The molecule has 0 spiro atoms. The predicted octanol–water partition coefficient (Wildman–Crippen LogP) is 1.31. The molecule has 3 heterocycles. The second-order valence-electron chi connectivity index (χ2n) is 5.98. The van der Waals surface area contributed by atoms with Crippen molar-refractivity contribution in [3.8, 4) is 0 Å². The Morgan fingerprint density at radius 2 is 2.06 bits per heavy atom. The van der Waals surface area contributed by atoms with Crippen molar-refractivity contribution in [3.05, 3.63) is 18.0 Å². The monoisotopic (exact) mass is 248 g/mol. The Kier molecular flexibility index (Phi) is 3.39. The van der Waals surface area contributed by atoms with Gasteiger partial charge in [0.25, 0.3) is 0 Å². The van der Waals surface area contributed by atoms with Crippen molar-refractivity contribution < 1.29 is 0 Å². The van der Waals surface area contributed by atoms with E-state index in [-0.39, 0.29) is 0 Å². The molecular formula is C14H24N4. The number of hydrogen-bond donors (Lipinski definition) is 1. The molecular weight excluding hydrogens is 224 g/mol. The van der Waals surface area contributed by atoms with Crippen LogP contribution >= 0.6 is 0 Å². The number of aromatic nitrogens is 2. The van der Waals surface area contributed by atoms with Gasteiger partial charge >= 0.3 is 0 Å². The lowest BCUT2D eigenvalue weighted by Crippen LogP contribution is -2.55. The van der Waals surface area contributed by atoms with Crippen LogP contribution < -0.4 is 5.73 Å². The smallest absolute Gasteiger partial charge is 0.0522 e. The summed E-state index contributed by atoms with van der Waals surface area (Å²) in [6.45, 7) is 1.17. The third-order valence-corrected chi connectivity index (χ3v) is 4.58. The van der Waals surface area contributed by atoms with Crippen LogP contribution in [0.5, 0.6) is 0 Å². The van der Waals surface area contributed by atoms with Gasteiger partial charge in [-0.2, -0.15) is 5.10 Å². The van der Waals surface area contributed by atoms with E-state index in [1.165, 1.54) is 44.2 Å². The summed E-state index contributed by atoms with van der Waals surface area (Å²) in [5.41, 5.74) is 7.51. The number of nitrogens with zero attached hydrogens (tertiary/aromatic N) is 3. The molecule has 2 atom stereocenters. The maximum absolute atomic E-state index is 6.16. The molecule has 2 aliphatic rings. The molecule has 2 saturated heterocycles. The molecule has 0 amide bonds. The van der Waals surface area contributed by atoms with E-state index in [0.717, 1.165) is 18.5 Å². The molecule has 18 heavy (non-hydrogen) atoms. The first-order chi connectivity index (χ1) is 8.72. The second kappa shape index (κ2) is 5.02. The molecule has 4 nitrogen and oxygen atoms in total. The fraction of sp³-hybridized carbons (Fsp3) is 0.786. The number of rotatable bonds is 3. The van der Waals surface area contributed by atoms with Crippen molar-refractivity contribution in [2.45, 2.75) is 56.7 Å². The van der Waals surface area contributed by atoms with Gasteiger partial charge in [0.05, 0.1) is 6.20 Å². The first-order valence-electron chi connectivity index (χ1n) is 7.21. The van der Waals surface area contributed by atoms with E-state index in [9.17, 15) is 0 Å². The summed E-state index contributed by atoms with van der Waals surface area (Å²) in [5.74, 6) is 0. The summed E-state index contributed by atoms with van der Waals surface area (Å²) < 4.78 is 1.89. The molecule has 1 aromatic heterocycles. The highest BCUT2D eigenvalue weighted by Gasteiger charge is 2.36. The molecule has 0 radical (unpaired) electrons. The van der Waals surface area contributed by atoms with Gasteiger partial charge in [-0.25, -0.2) is 0 Å². The van der Waals surface area contributed by atoms with Gasteiger partial charge in [-0.15, -0.1) is 0 Å². The summed E-state index contributed by atoms with van der Waals surface area (Å²) in [4.78, 5) is 2.72. The zero-order valence-electron chi connectivity index (χ0n) is 11.3. The van der Waals surface area contributed by atoms with E-state index in [1.54, 1.807) is 0 Å². The van der Waals surface area contributed by atoms with Crippen LogP contribution in [-0.4, -0.2) is 39.4 Å². The van der Waals surface area contributed by atoms with E-state index in [4.69, 9.17) is 5.73 Å². The summed E-state index contributed by atoms with van der Waals surface area (Å²) in [6, 6.07) is 1.92. The van der Waals surface area contributed by atoms with E-state index in [2.05, 4.69) is 16.2 Å². The Morgan fingerprint density at radius 1 is 1.33 bits per heavy atom. The highest BCUT2D eigenvalue weighted by atomic mass is 15.2. The molecule has 1 aromatic rings. The van der Waals surface area contributed by atoms with E-state index < -0.39 is 0 Å². The van der Waals surface area contributed by atoms with Gasteiger partial charge in [0.1, 0.15) is 0 Å². The zero-order chi connectivity index (χ0) is 12.5. The Hall–Kier alpha value is -0.870. The van der Waals surface area contributed by atoms with Crippen LogP contribution in [0.3, 0.4) is 0 Å². The van der Waals surface area contributed by atoms with Gasteiger partial charge < -0.3 is 5.73 Å². The molecule has 0 aromatic carbocycles. The van der Waals surface area contributed by atoms with Crippen LogP contribution in [0.25, 0.3) is 0 Å². The van der Waals surface area contributed by atoms with Gasteiger partial charge in [-0.3, -0.25) is 9.58 Å². The Morgan fingerprint density at radius 3 is 2.67 bits per heavy atom. The number of fused-ring (bicyclic) bond motifs is 2. The van der Waals surface area contributed by atoms with Gasteiger partial charge in [0, 0.05) is 37.9 Å². The minimum absolute atomic E-state index is 0.440. The van der Waals surface area contributed by atoms with Crippen LogP contribution in [0.15, 0.2) is 12.4 Å². The normalized spacial score (nSPS) is 32.7. The molecule has 2 aliphatic heterocycles. The minimum Gasteiger partial charge on any atom is -0.328 e. The first-order valence-corrected chi connectivity index (χ1v) is 7.21. The molecule has 100 valence electrons. The molecule has 2 bridgehead atoms. The Balaban J connectivity index is 1.61. The molecule has 0 aliphatic carbocycles. The third kappa shape index (κ3) is 2.45. The number of aryl methyl sites for hydroxylation is 1. The summed E-state index contributed by atoms with van der Waals surface area (Å²) in [6.07, 6.45) is 11.7. The van der Waals surface area contributed by atoms with Gasteiger partial charge in [-0.05, 0) is 37.7 Å². The van der Waals surface area contributed by atoms with Crippen molar-refractivity contribution in [1.29, 1.82) is 0 Å². The average molecular weight is 248 g/mol. The highest BCUT2D eigenvalue weighted by Crippen LogP contribution is 2.33. The Bertz CT molecular complexity index is 386. The topological polar surface area (TPSA) is 47.1 Å². The van der Waals surface area contributed by atoms with Crippen LogP contribution in [0.1, 0.15) is 37.7 Å². The summed E-state index contributed by atoms with van der Waals surface area (Å²) in [5, 5.41) is 4.24. The van der Waals surface area contributed by atoms with Crippen LogP contribution in [0.2, 0.25) is 0 Å². The van der Waals surface area contributed by atoms with E-state index >= 15 is 0 Å². The average Bonchev–Trinajstić information content (AvgIpc) is 2.72. The van der Waals surface area contributed by atoms with Crippen molar-refractivity contribution in [2.24, 2.45) is 12.8 Å².